The molecule has 1 heterocycles. The van der Waals surface area contributed by atoms with E-state index < -0.39 is 10.8 Å². The van der Waals surface area contributed by atoms with Gasteiger partial charge in [0.2, 0.25) is 0 Å². The van der Waals surface area contributed by atoms with Crippen LogP contribution in [0, 0.1) is 10.1 Å². The molecule has 2 aromatic carbocycles. The number of hydrogen-bond donors (Lipinski definition) is 1. The van der Waals surface area contributed by atoms with Gasteiger partial charge in [0.1, 0.15) is 17.2 Å². The molecular formula is C21H25N5O5. The van der Waals surface area contributed by atoms with Crippen molar-refractivity contribution in [2.45, 2.75) is 0 Å². The maximum atomic E-state index is 12.4. The number of hydrazone groups is 1. The summed E-state index contributed by atoms with van der Waals surface area (Å²) in [6.45, 7) is 3.15. The van der Waals surface area contributed by atoms with E-state index in [0.717, 1.165) is 26.2 Å². The van der Waals surface area contributed by atoms with Gasteiger partial charge in [-0.15, -0.1) is 0 Å². The van der Waals surface area contributed by atoms with Gasteiger partial charge < -0.3 is 19.3 Å². The predicted molar refractivity (Wildman–Crippen MR) is 117 cm³/mol. The number of piperazine rings is 1. The Balaban J connectivity index is 1.73. The Morgan fingerprint density at radius 3 is 2.32 bits per heavy atom. The molecule has 1 N–H and O–H groups in total. The molecule has 1 amide bonds. The summed E-state index contributed by atoms with van der Waals surface area (Å²) in [5, 5.41) is 15.5. The summed E-state index contributed by atoms with van der Waals surface area (Å²) in [4.78, 5) is 27.8. The number of methoxy groups -OCH3 is 2. The second-order valence-electron chi connectivity index (χ2n) is 7.10. The molecule has 0 bridgehead atoms. The van der Waals surface area contributed by atoms with Crippen LogP contribution in [-0.4, -0.2) is 69.4 Å². The number of amides is 1. The molecule has 164 valence electrons. The molecule has 31 heavy (non-hydrogen) atoms. The largest absolute Gasteiger partial charge is 0.497 e. The summed E-state index contributed by atoms with van der Waals surface area (Å²) in [5.41, 5.74) is 3.83. The van der Waals surface area contributed by atoms with Gasteiger partial charge in [0, 0.05) is 49.4 Å². The number of ether oxygens (including phenoxy) is 2. The number of hydrogen-bond acceptors (Lipinski definition) is 8. The molecule has 0 aliphatic carbocycles. The van der Waals surface area contributed by atoms with Gasteiger partial charge in [-0.25, -0.2) is 5.43 Å². The zero-order valence-electron chi connectivity index (χ0n) is 17.7. The van der Waals surface area contributed by atoms with Gasteiger partial charge in [0.25, 0.3) is 11.6 Å². The van der Waals surface area contributed by atoms with Crippen molar-refractivity contribution < 1.29 is 19.2 Å². The van der Waals surface area contributed by atoms with Crippen molar-refractivity contribution in [1.29, 1.82) is 0 Å². The Kier molecular flexibility index (Phi) is 7.03. The van der Waals surface area contributed by atoms with Crippen molar-refractivity contribution in [3.8, 4) is 11.5 Å². The molecular weight excluding hydrogens is 402 g/mol. The Hall–Kier alpha value is -3.66. The molecule has 0 spiro atoms. The van der Waals surface area contributed by atoms with Crippen molar-refractivity contribution in [1.82, 2.24) is 10.3 Å². The molecule has 1 aliphatic rings. The lowest BCUT2D eigenvalue weighted by Gasteiger charge is -2.33. The molecule has 10 nitrogen and oxygen atoms in total. The summed E-state index contributed by atoms with van der Waals surface area (Å²) < 4.78 is 10.3. The minimum absolute atomic E-state index is 0.0114. The number of benzene rings is 2. The van der Waals surface area contributed by atoms with Gasteiger partial charge in [-0.3, -0.25) is 14.9 Å². The third-order valence-electron chi connectivity index (χ3n) is 5.03. The fourth-order valence-corrected chi connectivity index (χ4v) is 3.25. The smallest absolute Gasteiger partial charge is 0.293 e. The first-order valence-corrected chi connectivity index (χ1v) is 9.69. The summed E-state index contributed by atoms with van der Waals surface area (Å²) in [5.74, 6) is 0.490. The predicted octanol–water partition coefficient (Wildman–Crippen LogP) is 2.13. The van der Waals surface area contributed by atoms with Crippen molar-refractivity contribution >= 4 is 23.5 Å². The van der Waals surface area contributed by atoms with Gasteiger partial charge in [-0.05, 0) is 25.2 Å². The SMILES string of the molecule is COc1cc(OC)cc(C(=O)N/N=C/c2ccc(N3CCN(C)CC3)c([N+](=O)[O-])c2)c1. The Morgan fingerprint density at radius 2 is 1.74 bits per heavy atom. The summed E-state index contributed by atoms with van der Waals surface area (Å²) >= 11 is 0. The van der Waals surface area contributed by atoms with E-state index in [-0.39, 0.29) is 5.69 Å². The molecule has 0 radical (unpaired) electrons. The number of carbonyl (C=O) groups excluding carboxylic acids is 1. The van der Waals surface area contributed by atoms with E-state index in [1.54, 1.807) is 30.3 Å². The van der Waals surface area contributed by atoms with Crippen LogP contribution in [0.15, 0.2) is 41.5 Å². The fourth-order valence-electron chi connectivity index (χ4n) is 3.25. The van der Waals surface area contributed by atoms with Crippen LogP contribution < -0.4 is 19.8 Å². The Bertz CT molecular complexity index is 964. The molecule has 0 atom stereocenters. The average molecular weight is 427 g/mol. The molecule has 0 unspecified atom stereocenters. The monoisotopic (exact) mass is 427 g/mol. The zero-order valence-corrected chi connectivity index (χ0v) is 17.7. The Labute approximate surface area is 180 Å². The number of anilines is 1. The van der Waals surface area contributed by atoms with Crippen LogP contribution in [0.4, 0.5) is 11.4 Å². The maximum absolute atomic E-state index is 12.4. The van der Waals surface area contributed by atoms with Crippen molar-refractivity contribution in [2.75, 3.05) is 52.3 Å². The molecule has 3 rings (SSSR count). The number of nitrogens with zero attached hydrogens (tertiary/aromatic N) is 4. The minimum atomic E-state index is -0.461. The van der Waals surface area contributed by atoms with Gasteiger partial charge in [-0.1, -0.05) is 6.07 Å². The fraction of sp³-hybridized carbons (Fsp3) is 0.333. The molecule has 10 heteroatoms. The first-order valence-electron chi connectivity index (χ1n) is 9.69. The van der Waals surface area contributed by atoms with Gasteiger partial charge >= 0.3 is 0 Å². The molecule has 1 aliphatic heterocycles. The van der Waals surface area contributed by atoms with Crippen molar-refractivity contribution in [3.05, 3.63) is 57.6 Å². The van der Waals surface area contributed by atoms with Crippen molar-refractivity contribution in [3.63, 3.8) is 0 Å². The molecule has 1 fully saturated rings. The standard InChI is InChI=1S/C21H25N5O5/c1-24-6-8-25(9-7-24)19-5-4-15(10-20(19)26(28)29)14-22-23-21(27)16-11-17(30-2)13-18(12-16)31-3/h4-5,10-14H,6-9H2,1-3H3,(H,23,27)/b22-14+. The number of nitro groups is 1. The minimum Gasteiger partial charge on any atom is -0.497 e. The van der Waals surface area contributed by atoms with Gasteiger partial charge in [0.05, 0.1) is 25.4 Å². The highest BCUT2D eigenvalue weighted by Crippen LogP contribution is 2.29. The lowest BCUT2D eigenvalue weighted by atomic mass is 10.1. The van der Waals surface area contributed by atoms with E-state index in [1.807, 2.05) is 11.9 Å². The average Bonchev–Trinajstić information content (AvgIpc) is 2.79. The molecule has 0 saturated carbocycles. The lowest BCUT2D eigenvalue weighted by molar-refractivity contribution is -0.384. The van der Waals surface area contributed by atoms with Crippen LogP contribution in [0.5, 0.6) is 11.5 Å². The highest BCUT2D eigenvalue weighted by Gasteiger charge is 2.22. The summed E-state index contributed by atoms with van der Waals surface area (Å²) in [6, 6.07) is 9.69. The number of nitro benzene ring substituents is 1. The van der Waals surface area contributed by atoms with Gasteiger partial charge in [0.15, 0.2) is 0 Å². The second-order valence-corrected chi connectivity index (χ2v) is 7.10. The number of nitrogens with one attached hydrogen (secondary N) is 1. The van der Waals surface area contributed by atoms with E-state index in [0.29, 0.717) is 28.3 Å². The number of rotatable bonds is 7. The summed E-state index contributed by atoms with van der Waals surface area (Å²) in [7, 11) is 5.02. The topological polar surface area (TPSA) is 110 Å². The highest BCUT2D eigenvalue weighted by atomic mass is 16.6. The van der Waals surface area contributed by atoms with E-state index in [9.17, 15) is 14.9 Å². The van der Waals surface area contributed by atoms with Gasteiger partial charge in [-0.2, -0.15) is 5.10 Å². The van der Waals surface area contributed by atoms with Crippen LogP contribution in [-0.2, 0) is 0 Å². The lowest BCUT2D eigenvalue weighted by Crippen LogP contribution is -2.44. The zero-order chi connectivity index (χ0) is 22.4. The first-order chi connectivity index (χ1) is 14.9. The van der Waals surface area contributed by atoms with Crippen molar-refractivity contribution in [2.24, 2.45) is 5.10 Å². The molecule has 1 saturated heterocycles. The Morgan fingerprint density at radius 1 is 1.10 bits per heavy atom. The maximum Gasteiger partial charge on any atom is 0.293 e. The van der Waals surface area contributed by atoms with Crippen LogP contribution in [0.3, 0.4) is 0 Å². The third-order valence-corrected chi connectivity index (χ3v) is 5.03. The van der Waals surface area contributed by atoms with E-state index in [4.69, 9.17) is 9.47 Å². The van der Waals surface area contributed by atoms with Crippen LogP contribution in [0.2, 0.25) is 0 Å². The quantitative estimate of drug-likeness (QED) is 0.409. The molecule has 2 aromatic rings. The van der Waals surface area contributed by atoms with Crippen LogP contribution in [0.1, 0.15) is 15.9 Å². The van der Waals surface area contributed by atoms with Crippen LogP contribution >= 0.6 is 0 Å². The van der Waals surface area contributed by atoms with E-state index in [1.165, 1.54) is 26.5 Å². The van der Waals surface area contributed by atoms with E-state index in [2.05, 4.69) is 15.4 Å². The molecule has 0 aromatic heterocycles. The number of carbonyl (C=O) groups is 1. The third kappa shape index (κ3) is 5.48. The summed E-state index contributed by atoms with van der Waals surface area (Å²) in [6.07, 6.45) is 1.37. The first kappa shape index (κ1) is 22.0. The number of likely N-dealkylation sites (N-methyl/N-ethyl adjacent to an activating group) is 1. The normalized spacial score (nSPS) is 14.5. The van der Waals surface area contributed by atoms with E-state index >= 15 is 0 Å². The second kappa shape index (κ2) is 9.90. The highest BCUT2D eigenvalue weighted by molar-refractivity contribution is 5.95. The van der Waals surface area contributed by atoms with Crippen LogP contribution in [0.25, 0.3) is 0 Å².